The second-order valence-corrected chi connectivity index (χ2v) is 8.08. The highest BCUT2D eigenvalue weighted by molar-refractivity contribution is 9.10. The Kier molecular flexibility index (Phi) is 4.01. The van der Waals surface area contributed by atoms with Gasteiger partial charge in [0.2, 0.25) is 0 Å². The van der Waals surface area contributed by atoms with Gasteiger partial charge < -0.3 is 4.90 Å². The average Bonchev–Trinajstić information content (AvgIpc) is 2.71. The summed E-state index contributed by atoms with van der Waals surface area (Å²) in [5, 5.41) is 0. The SMILES string of the molecule is Cc1ccc(Br)cc1C(=O)N(C)C1CCS(=O)(=O)C1. The summed E-state index contributed by atoms with van der Waals surface area (Å²) >= 11 is 3.35. The van der Waals surface area contributed by atoms with Crippen molar-refractivity contribution in [3.8, 4) is 0 Å². The first kappa shape index (κ1) is 14.5. The third-order valence-electron chi connectivity index (χ3n) is 3.51. The highest BCUT2D eigenvalue weighted by Crippen LogP contribution is 2.22. The van der Waals surface area contributed by atoms with Gasteiger partial charge in [-0.15, -0.1) is 0 Å². The van der Waals surface area contributed by atoms with E-state index >= 15 is 0 Å². The smallest absolute Gasteiger partial charge is 0.254 e. The number of aryl methyl sites for hydroxylation is 1. The zero-order valence-electron chi connectivity index (χ0n) is 10.9. The molecule has 0 aliphatic carbocycles. The number of hydrogen-bond donors (Lipinski definition) is 0. The Hall–Kier alpha value is -0.880. The van der Waals surface area contributed by atoms with Crippen molar-refractivity contribution in [2.75, 3.05) is 18.6 Å². The first-order valence-corrected chi connectivity index (χ1v) is 8.65. The van der Waals surface area contributed by atoms with Crippen LogP contribution in [0.15, 0.2) is 22.7 Å². The summed E-state index contributed by atoms with van der Waals surface area (Å²) in [6, 6.07) is 5.32. The third-order valence-corrected chi connectivity index (χ3v) is 5.75. The Morgan fingerprint density at radius 3 is 2.68 bits per heavy atom. The van der Waals surface area contributed by atoms with Crippen LogP contribution in [-0.4, -0.2) is 43.8 Å². The topological polar surface area (TPSA) is 54.5 Å². The molecule has 1 aromatic carbocycles. The maximum atomic E-state index is 12.4. The second kappa shape index (κ2) is 5.25. The molecule has 1 amide bonds. The number of benzene rings is 1. The molecule has 1 saturated heterocycles. The van der Waals surface area contributed by atoms with Crippen molar-refractivity contribution in [3.05, 3.63) is 33.8 Å². The summed E-state index contributed by atoms with van der Waals surface area (Å²) in [5.41, 5.74) is 1.50. The molecule has 2 rings (SSSR count). The van der Waals surface area contributed by atoms with Crippen LogP contribution >= 0.6 is 15.9 Å². The van der Waals surface area contributed by atoms with Crippen molar-refractivity contribution in [2.45, 2.75) is 19.4 Å². The summed E-state index contributed by atoms with van der Waals surface area (Å²) in [6.07, 6.45) is 0.525. The third kappa shape index (κ3) is 3.17. The molecule has 1 aromatic rings. The summed E-state index contributed by atoms with van der Waals surface area (Å²) in [5.74, 6) is 0.121. The van der Waals surface area contributed by atoms with Crippen LogP contribution in [0.1, 0.15) is 22.3 Å². The van der Waals surface area contributed by atoms with Crippen LogP contribution in [0.3, 0.4) is 0 Å². The van der Waals surface area contributed by atoms with E-state index in [4.69, 9.17) is 0 Å². The quantitative estimate of drug-likeness (QED) is 0.823. The van der Waals surface area contributed by atoms with E-state index in [9.17, 15) is 13.2 Å². The first-order valence-electron chi connectivity index (χ1n) is 6.04. The number of amides is 1. The van der Waals surface area contributed by atoms with Gasteiger partial charge in [0, 0.05) is 23.1 Å². The van der Waals surface area contributed by atoms with Crippen LogP contribution in [-0.2, 0) is 9.84 Å². The molecule has 1 aliphatic heterocycles. The van der Waals surface area contributed by atoms with Gasteiger partial charge in [-0.1, -0.05) is 22.0 Å². The molecule has 1 fully saturated rings. The molecule has 0 aromatic heterocycles. The van der Waals surface area contributed by atoms with Gasteiger partial charge in [0.1, 0.15) is 0 Å². The minimum absolute atomic E-state index is 0.0717. The molecule has 6 heteroatoms. The number of hydrogen-bond acceptors (Lipinski definition) is 3. The number of halogens is 1. The molecule has 4 nitrogen and oxygen atoms in total. The molecule has 0 saturated carbocycles. The van der Waals surface area contributed by atoms with Gasteiger partial charge >= 0.3 is 0 Å². The molecular weight excluding hydrogens is 330 g/mol. The van der Waals surface area contributed by atoms with Crippen molar-refractivity contribution in [2.24, 2.45) is 0 Å². The lowest BCUT2D eigenvalue weighted by Gasteiger charge is -2.24. The Morgan fingerprint density at radius 2 is 2.11 bits per heavy atom. The molecule has 0 N–H and O–H groups in total. The molecule has 104 valence electrons. The fourth-order valence-electron chi connectivity index (χ4n) is 2.26. The lowest BCUT2D eigenvalue weighted by atomic mass is 10.1. The number of rotatable bonds is 2. The highest BCUT2D eigenvalue weighted by Gasteiger charge is 2.33. The number of nitrogens with zero attached hydrogens (tertiary/aromatic N) is 1. The fourth-order valence-corrected chi connectivity index (χ4v) is 4.40. The van der Waals surface area contributed by atoms with E-state index in [-0.39, 0.29) is 23.5 Å². The summed E-state index contributed by atoms with van der Waals surface area (Å²) in [6.45, 7) is 1.87. The molecule has 1 atom stereocenters. The van der Waals surface area contributed by atoms with Crippen LogP contribution in [0.2, 0.25) is 0 Å². The number of carbonyl (C=O) groups excluding carboxylic acids is 1. The van der Waals surface area contributed by atoms with Gasteiger partial charge in [-0.3, -0.25) is 4.79 Å². The monoisotopic (exact) mass is 345 g/mol. The van der Waals surface area contributed by atoms with Crippen molar-refractivity contribution >= 4 is 31.7 Å². The second-order valence-electron chi connectivity index (χ2n) is 4.93. The maximum absolute atomic E-state index is 12.4. The fraction of sp³-hybridized carbons (Fsp3) is 0.462. The van der Waals surface area contributed by atoms with Crippen molar-refractivity contribution in [1.29, 1.82) is 0 Å². The molecule has 1 heterocycles. The zero-order chi connectivity index (χ0) is 14.2. The number of sulfone groups is 1. The van der Waals surface area contributed by atoms with E-state index in [1.54, 1.807) is 18.0 Å². The van der Waals surface area contributed by atoms with Crippen LogP contribution in [0, 0.1) is 6.92 Å². The van der Waals surface area contributed by atoms with E-state index in [0.717, 1.165) is 10.0 Å². The predicted octanol–water partition coefficient (Wildman–Crippen LogP) is 2.02. The van der Waals surface area contributed by atoms with Gasteiger partial charge in [-0.05, 0) is 31.0 Å². The van der Waals surface area contributed by atoms with Crippen LogP contribution in [0.4, 0.5) is 0 Å². The lowest BCUT2D eigenvalue weighted by Crippen LogP contribution is -2.38. The summed E-state index contributed by atoms with van der Waals surface area (Å²) in [4.78, 5) is 14.0. The van der Waals surface area contributed by atoms with Crippen molar-refractivity contribution in [3.63, 3.8) is 0 Å². The Balaban J connectivity index is 2.22. The van der Waals surface area contributed by atoms with Crippen LogP contribution in [0.25, 0.3) is 0 Å². The van der Waals surface area contributed by atoms with E-state index in [1.807, 2.05) is 19.1 Å². The van der Waals surface area contributed by atoms with E-state index in [2.05, 4.69) is 15.9 Å². The maximum Gasteiger partial charge on any atom is 0.254 e. The Morgan fingerprint density at radius 1 is 1.42 bits per heavy atom. The predicted molar refractivity (Wildman–Crippen MR) is 78.0 cm³/mol. The average molecular weight is 346 g/mol. The first-order chi connectivity index (χ1) is 8.80. The normalized spacial score (nSPS) is 21.3. The van der Waals surface area contributed by atoms with Gasteiger partial charge in [-0.2, -0.15) is 0 Å². The van der Waals surface area contributed by atoms with Gasteiger partial charge in [-0.25, -0.2) is 8.42 Å². The minimum Gasteiger partial charge on any atom is -0.338 e. The van der Waals surface area contributed by atoms with E-state index < -0.39 is 9.84 Å². The van der Waals surface area contributed by atoms with Gasteiger partial charge in [0.15, 0.2) is 9.84 Å². The Labute approximate surface area is 121 Å². The Bertz CT molecular complexity index is 612. The largest absolute Gasteiger partial charge is 0.338 e. The van der Waals surface area contributed by atoms with E-state index in [0.29, 0.717) is 12.0 Å². The molecule has 19 heavy (non-hydrogen) atoms. The molecular formula is C13H16BrNO3S. The standard InChI is InChI=1S/C13H16BrNO3S/c1-9-3-4-10(14)7-12(9)13(16)15(2)11-5-6-19(17,18)8-11/h3-4,7,11H,5-6,8H2,1-2H3. The van der Waals surface area contributed by atoms with Crippen molar-refractivity contribution in [1.82, 2.24) is 4.90 Å². The minimum atomic E-state index is -2.98. The molecule has 1 aliphatic rings. The van der Waals surface area contributed by atoms with Crippen LogP contribution < -0.4 is 0 Å². The molecule has 0 bridgehead atoms. The van der Waals surface area contributed by atoms with Gasteiger partial charge in [0.25, 0.3) is 5.91 Å². The summed E-state index contributed by atoms with van der Waals surface area (Å²) in [7, 11) is -1.30. The lowest BCUT2D eigenvalue weighted by molar-refractivity contribution is 0.0747. The zero-order valence-corrected chi connectivity index (χ0v) is 13.3. The van der Waals surface area contributed by atoms with E-state index in [1.165, 1.54) is 0 Å². The molecule has 0 spiro atoms. The molecule has 1 unspecified atom stereocenters. The number of carbonyl (C=O) groups is 1. The summed E-state index contributed by atoms with van der Waals surface area (Å²) < 4.78 is 23.8. The highest BCUT2D eigenvalue weighted by atomic mass is 79.9. The van der Waals surface area contributed by atoms with Crippen LogP contribution in [0.5, 0.6) is 0 Å². The molecule has 0 radical (unpaired) electrons. The van der Waals surface area contributed by atoms with Crippen molar-refractivity contribution < 1.29 is 13.2 Å². The van der Waals surface area contributed by atoms with Gasteiger partial charge in [0.05, 0.1) is 11.5 Å².